The van der Waals surface area contributed by atoms with Gasteiger partial charge in [-0.15, -0.1) is 0 Å². The van der Waals surface area contributed by atoms with Crippen LogP contribution in [-0.4, -0.2) is 31.8 Å². The molecule has 0 bridgehead atoms. The molecule has 0 unspecified atom stereocenters. The van der Waals surface area contributed by atoms with Crippen LogP contribution in [0.1, 0.15) is 42.5 Å². The number of aldehydes is 1. The molecule has 19 heavy (non-hydrogen) atoms. The van der Waals surface area contributed by atoms with Crippen LogP contribution in [-0.2, 0) is 0 Å². The van der Waals surface area contributed by atoms with Crippen molar-refractivity contribution in [2.75, 3.05) is 20.6 Å². The Morgan fingerprint density at radius 1 is 1.26 bits per heavy atom. The van der Waals surface area contributed by atoms with E-state index in [1.807, 2.05) is 12.1 Å². The van der Waals surface area contributed by atoms with Crippen LogP contribution in [0.15, 0.2) is 28.7 Å². The third-order valence-electron chi connectivity index (χ3n) is 3.33. The summed E-state index contributed by atoms with van der Waals surface area (Å²) in [5.74, 6) is 1.00. The van der Waals surface area contributed by atoms with Gasteiger partial charge in [-0.2, -0.15) is 0 Å². The van der Waals surface area contributed by atoms with Crippen molar-refractivity contribution in [2.45, 2.75) is 32.1 Å². The van der Waals surface area contributed by atoms with Crippen molar-refractivity contribution in [3.05, 3.63) is 34.3 Å². The van der Waals surface area contributed by atoms with E-state index in [1.54, 1.807) is 12.1 Å². The highest BCUT2D eigenvalue weighted by Gasteiger charge is 2.13. The fourth-order valence-electron chi connectivity index (χ4n) is 2.47. The van der Waals surface area contributed by atoms with Crippen LogP contribution >= 0.6 is 15.9 Å². The van der Waals surface area contributed by atoms with E-state index in [0.29, 0.717) is 5.56 Å². The first kappa shape index (κ1) is 16.4. The lowest BCUT2D eigenvalue weighted by Gasteiger charge is -2.24. The summed E-state index contributed by atoms with van der Waals surface area (Å²) in [5.41, 5.74) is 0.698. The Balaban J connectivity index is 0.000000191. The Hall–Kier alpha value is -0.670. The average molecular weight is 326 g/mol. The van der Waals surface area contributed by atoms with Gasteiger partial charge in [-0.05, 0) is 45.0 Å². The van der Waals surface area contributed by atoms with Crippen LogP contribution in [0.5, 0.6) is 0 Å². The predicted octanol–water partition coefficient (Wildman–Crippen LogP) is 4.39. The first-order valence-electron chi connectivity index (χ1n) is 6.97. The minimum atomic E-state index is 0.698. The van der Waals surface area contributed by atoms with E-state index < -0.39 is 0 Å². The maximum Gasteiger partial charge on any atom is 0.150 e. The van der Waals surface area contributed by atoms with Gasteiger partial charge in [-0.25, -0.2) is 0 Å². The molecule has 2 rings (SSSR count). The van der Waals surface area contributed by atoms with E-state index in [1.165, 1.54) is 38.6 Å². The highest BCUT2D eigenvalue weighted by atomic mass is 79.9. The zero-order valence-electron chi connectivity index (χ0n) is 11.9. The van der Waals surface area contributed by atoms with Gasteiger partial charge in [0.15, 0.2) is 0 Å². The summed E-state index contributed by atoms with van der Waals surface area (Å²) in [4.78, 5) is 12.5. The number of benzene rings is 1. The molecule has 106 valence electrons. The Kier molecular flexibility index (Phi) is 7.99. The lowest BCUT2D eigenvalue weighted by Crippen LogP contribution is -2.23. The standard InChI is InChI=1S/C9H19N.C7H5BrO/c1-10(2)8-9-6-4-3-5-7-9;8-7-3-1-2-6(4-7)5-9/h9H,3-8H2,1-2H3;1-5H. The molecule has 2 nitrogen and oxygen atoms in total. The monoisotopic (exact) mass is 325 g/mol. The smallest absolute Gasteiger partial charge is 0.150 e. The van der Waals surface area contributed by atoms with Gasteiger partial charge in [-0.3, -0.25) is 4.79 Å². The Bertz CT molecular complexity index is 373. The zero-order valence-corrected chi connectivity index (χ0v) is 13.5. The summed E-state index contributed by atoms with van der Waals surface area (Å²) in [7, 11) is 4.35. The highest BCUT2D eigenvalue weighted by Crippen LogP contribution is 2.23. The second kappa shape index (κ2) is 9.27. The molecule has 0 N–H and O–H groups in total. The lowest BCUT2D eigenvalue weighted by atomic mass is 9.89. The third kappa shape index (κ3) is 7.48. The lowest BCUT2D eigenvalue weighted by molar-refractivity contribution is 0.112. The van der Waals surface area contributed by atoms with Gasteiger partial charge < -0.3 is 4.90 Å². The number of carbonyl (C=O) groups is 1. The van der Waals surface area contributed by atoms with Crippen LogP contribution in [0.3, 0.4) is 0 Å². The van der Waals surface area contributed by atoms with E-state index in [-0.39, 0.29) is 0 Å². The van der Waals surface area contributed by atoms with Crippen LogP contribution < -0.4 is 0 Å². The first-order chi connectivity index (χ1) is 9.11. The van der Waals surface area contributed by atoms with Gasteiger partial charge in [-0.1, -0.05) is 47.3 Å². The fourth-order valence-corrected chi connectivity index (χ4v) is 2.88. The van der Waals surface area contributed by atoms with Crippen LogP contribution in [0.4, 0.5) is 0 Å². The molecule has 0 amide bonds. The summed E-state index contributed by atoms with van der Waals surface area (Å²) >= 11 is 3.24. The molecular weight excluding hydrogens is 302 g/mol. The van der Waals surface area contributed by atoms with E-state index in [4.69, 9.17) is 0 Å². The minimum Gasteiger partial charge on any atom is -0.309 e. The number of halogens is 1. The van der Waals surface area contributed by atoms with Crippen molar-refractivity contribution < 1.29 is 4.79 Å². The molecule has 1 aliphatic rings. The summed E-state index contributed by atoms with van der Waals surface area (Å²) in [5, 5.41) is 0. The van der Waals surface area contributed by atoms with Gasteiger partial charge in [0.2, 0.25) is 0 Å². The SMILES string of the molecule is CN(C)CC1CCCCC1.O=Cc1cccc(Br)c1. The molecule has 1 aromatic rings. The molecule has 3 heteroatoms. The molecular formula is C16H24BrNO. The Morgan fingerprint density at radius 2 is 1.95 bits per heavy atom. The summed E-state index contributed by atoms with van der Waals surface area (Å²) in [6.45, 7) is 1.31. The molecule has 1 aliphatic carbocycles. The second-order valence-corrected chi connectivity index (χ2v) is 6.35. The van der Waals surface area contributed by atoms with E-state index in [2.05, 4.69) is 34.9 Å². The average Bonchev–Trinajstić information content (AvgIpc) is 2.40. The molecule has 0 aromatic heterocycles. The van der Waals surface area contributed by atoms with E-state index in [0.717, 1.165) is 16.7 Å². The van der Waals surface area contributed by atoms with E-state index >= 15 is 0 Å². The van der Waals surface area contributed by atoms with Crippen LogP contribution in [0.25, 0.3) is 0 Å². The summed E-state index contributed by atoms with van der Waals surface area (Å²) in [6.07, 6.45) is 8.18. The Labute approximate surface area is 125 Å². The number of rotatable bonds is 3. The quantitative estimate of drug-likeness (QED) is 0.768. The molecule has 1 aromatic carbocycles. The number of carbonyl (C=O) groups excluding carboxylic acids is 1. The number of hydrogen-bond acceptors (Lipinski definition) is 2. The molecule has 0 saturated heterocycles. The van der Waals surface area contributed by atoms with Crippen LogP contribution in [0, 0.1) is 5.92 Å². The largest absolute Gasteiger partial charge is 0.309 e. The molecule has 1 saturated carbocycles. The molecule has 0 radical (unpaired) electrons. The number of nitrogens with zero attached hydrogens (tertiary/aromatic N) is 1. The zero-order chi connectivity index (χ0) is 14.1. The van der Waals surface area contributed by atoms with Gasteiger partial charge in [0.05, 0.1) is 0 Å². The first-order valence-corrected chi connectivity index (χ1v) is 7.76. The highest BCUT2D eigenvalue weighted by molar-refractivity contribution is 9.10. The second-order valence-electron chi connectivity index (χ2n) is 5.44. The number of hydrogen-bond donors (Lipinski definition) is 0. The fraction of sp³-hybridized carbons (Fsp3) is 0.562. The molecule has 1 fully saturated rings. The summed E-state index contributed by atoms with van der Waals surface area (Å²) in [6, 6.07) is 7.24. The molecule has 0 atom stereocenters. The third-order valence-corrected chi connectivity index (χ3v) is 3.83. The van der Waals surface area contributed by atoms with Gasteiger partial charge in [0, 0.05) is 16.6 Å². The maximum absolute atomic E-state index is 10.1. The molecule has 0 spiro atoms. The Morgan fingerprint density at radius 3 is 2.42 bits per heavy atom. The van der Waals surface area contributed by atoms with Crippen molar-refractivity contribution in [1.82, 2.24) is 4.90 Å². The normalized spacial score (nSPS) is 15.8. The van der Waals surface area contributed by atoms with Gasteiger partial charge in [0.25, 0.3) is 0 Å². The minimum absolute atomic E-state index is 0.698. The molecule has 0 aliphatic heterocycles. The topological polar surface area (TPSA) is 20.3 Å². The molecule has 0 heterocycles. The van der Waals surface area contributed by atoms with Crippen molar-refractivity contribution in [2.24, 2.45) is 5.92 Å². The predicted molar refractivity (Wildman–Crippen MR) is 84.7 cm³/mol. The van der Waals surface area contributed by atoms with E-state index in [9.17, 15) is 4.79 Å². The van der Waals surface area contributed by atoms with Gasteiger partial charge in [0.1, 0.15) is 6.29 Å². The summed E-state index contributed by atoms with van der Waals surface area (Å²) < 4.78 is 0.937. The van der Waals surface area contributed by atoms with Crippen molar-refractivity contribution in [1.29, 1.82) is 0 Å². The van der Waals surface area contributed by atoms with Gasteiger partial charge >= 0.3 is 0 Å². The van der Waals surface area contributed by atoms with Crippen molar-refractivity contribution in [3.63, 3.8) is 0 Å². The van der Waals surface area contributed by atoms with Crippen LogP contribution in [0.2, 0.25) is 0 Å². The van der Waals surface area contributed by atoms with Crippen molar-refractivity contribution in [3.8, 4) is 0 Å². The van der Waals surface area contributed by atoms with Crippen molar-refractivity contribution >= 4 is 22.2 Å². The maximum atomic E-state index is 10.1.